The molecule has 0 aromatic heterocycles. The molecule has 0 saturated carbocycles. The first-order chi connectivity index (χ1) is 9.15. The third-order valence-corrected chi connectivity index (χ3v) is 2.66. The second-order valence-corrected chi connectivity index (χ2v) is 4.02. The molecule has 1 aromatic rings. The number of likely N-dealkylation sites (N-methyl/N-ethyl adjacent to an activating group) is 1. The fourth-order valence-electron chi connectivity index (χ4n) is 1.70. The maximum absolute atomic E-state index is 11.6. The standard InChI is InChI=1S/C13H15NO5/c1-3-14-13(16)8(2)19-10-5-12-11(17-7-18-12)4-9(10)6-15/h4-6,8H,3,7H2,1-2H3,(H,14,16). The molecule has 1 aliphatic rings. The van der Waals surface area contributed by atoms with E-state index in [1.54, 1.807) is 13.0 Å². The van der Waals surface area contributed by atoms with E-state index in [1.165, 1.54) is 6.07 Å². The minimum absolute atomic E-state index is 0.114. The number of carbonyl (C=O) groups excluding carboxylic acids is 2. The van der Waals surface area contributed by atoms with Crippen LogP contribution >= 0.6 is 0 Å². The third-order valence-electron chi connectivity index (χ3n) is 2.66. The quantitative estimate of drug-likeness (QED) is 0.808. The Morgan fingerprint density at radius 2 is 2.16 bits per heavy atom. The number of amides is 1. The van der Waals surface area contributed by atoms with Crippen LogP contribution in [-0.2, 0) is 4.79 Å². The fraction of sp³-hybridized carbons (Fsp3) is 0.385. The van der Waals surface area contributed by atoms with Crippen LogP contribution in [0.5, 0.6) is 17.2 Å². The third kappa shape index (κ3) is 2.78. The van der Waals surface area contributed by atoms with Crippen LogP contribution in [0.15, 0.2) is 12.1 Å². The molecule has 0 aliphatic carbocycles. The number of carbonyl (C=O) groups is 2. The van der Waals surface area contributed by atoms with E-state index in [0.717, 1.165) is 0 Å². The summed E-state index contributed by atoms with van der Waals surface area (Å²) >= 11 is 0. The van der Waals surface area contributed by atoms with Gasteiger partial charge in [0, 0.05) is 12.6 Å². The zero-order valence-electron chi connectivity index (χ0n) is 10.8. The van der Waals surface area contributed by atoms with Crippen LogP contribution in [0.3, 0.4) is 0 Å². The lowest BCUT2D eigenvalue weighted by molar-refractivity contribution is -0.127. The van der Waals surface area contributed by atoms with E-state index >= 15 is 0 Å². The maximum atomic E-state index is 11.6. The molecule has 1 amide bonds. The molecule has 1 aliphatic heterocycles. The number of hydrogen-bond donors (Lipinski definition) is 1. The van der Waals surface area contributed by atoms with Crippen LogP contribution < -0.4 is 19.5 Å². The van der Waals surface area contributed by atoms with Crippen LogP contribution in [0.4, 0.5) is 0 Å². The highest BCUT2D eigenvalue weighted by atomic mass is 16.7. The maximum Gasteiger partial charge on any atom is 0.260 e. The van der Waals surface area contributed by atoms with E-state index in [4.69, 9.17) is 14.2 Å². The fourth-order valence-corrected chi connectivity index (χ4v) is 1.70. The summed E-state index contributed by atoms with van der Waals surface area (Å²) in [5.74, 6) is 1.07. The summed E-state index contributed by atoms with van der Waals surface area (Å²) in [5.41, 5.74) is 0.320. The molecule has 1 heterocycles. The monoisotopic (exact) mass is 265 g/mol. The first-order valence-electron chi connectivity index (χ1n) is 5.99. The Bertz CT molecular complexity index is 500. The van der Waals surface area contributed by atoms with Gasteiger partial charge in [-0.05, 0) is 19.9 Å². The van der Waals surface area contributed by atoms with Gasteiger partial charge in [0.1, 0.15) is 5.75 Å². The molecular weight excluding hydrogens is 250 g/mol. The Balaban J connectivity index is 2.20. The summed E-state index contributed by atoms with van der Waals surface area (Å²) in [6, 6.07) is 3.09. The van der Waals surface area contributed by atoms with Gasteiger partial charge in [0.2, 0.25) is 6.79 Å². The number of hydrogen-bond acceptors (Lipinski definition) is 5. The Kier molecular flexibility index (Phi) is 3.89. The van der Waals surface area contributed by atoms with Gasteiger partial charge in [0.05, 0.1) is 5.56 Å². The van der Waals surface area contributed by atoms with Crippen molar-refractivity contribution in [2.75, 3.05) is 13.3 Å². The Labute approximate surface area is 110 Å². The molecular formula is C13H15NO5. The van der Waals surface area contributed by atoms with Crippen molar-refractivity contribution in [1.82, 2.24) is 5.32 Å². The van der Waals surface area contributed by atoms with Gasteiger partial charge in [0.25, 0.3) is 5.91 Å². The summed E-state index contributed by atoms with van der Waals surface area (Å²) in [5, 5.41) is 2.65. The largest absolute Gasteiger partial charge is 0.480 e. The van der Waals surface area contributed by atoms with Gasteiger partial charge in [-0.1, -0.05) is 0 Å². The molecule has 0 fully saturated rings. The van der Waals surface area contributed by atoms with Crippen molar-refractivity contribution in [3.05, 3.63) is 17.7 Å². The van der Waals surface area contributed by atoms with Crippen LogP contribution in [0.1, 0.15) is 24.2 Å². The smallest absolute Gasteiger partial charge is 0.260 e. The Hall–Kier alpha value is -2.24. The van der Waals surface area contributed by atoms with Gasteiger partial charge in [0.15, 0.2) is 23.9 Å². The lowest BCUT2D eigenvalue weighted by atomic mass is 10.2. The molecule has 0 radical (unpaired) electrons. The van der Waals surface area contributed by atoms with E-state index in [0.29, 0.717) is 35.6 Å². The molecule has 1 atom stereocenters. The summed E-state index contributed by atoms with van der Waals surface area (Å²) < 4.78 is 15.9. The SMILES string of the molecule is CCNC(=O)C(C)Oc1cc2c(cc1C=O)OCO2. The van der Waals surface area contributed by atoms with Crippen LogP contribution in [0.2, 0.25) is 0 Å². The van der Waals surface area contributed by atoms with E-state index in [2.05, 4.69) is 5.32 Å². The van der Waals surface area contributed by atoms with Crippen molar-refractivity contribution in [3.63, 3.8) is 0 Å². The number of nitrogens with one attached hydrogen (secondary N) is 1. The topological polar surface area (TPSA) is 73.9 Å². The van der Waals surface area contributed by atoms with Gasteiger partial charge >= 0.3 is 0 Å². The zero-order chi connectivity index (χ0) is 13.8. The van der Waals surface area contributed by atoms with Gasteiger partial charge in [-0.15, -0.1) is 0 Å². The van der Waals surface area contributed by atoms with Crippen molar-refractivity contribution in [3.8, 4) is 17.2 Å². The average molecular weight is 265 g/mol. The van der Waals surface area contributed by atoms with Gasteiger partial charge in [-0.2, -0.15) is 0 Å². The van der Waals surface area contributed by atoms with Crippen molar-refractivity contribution < 1.29 is 23.8 Å². The van der Waals surface area contributed by atoms with Crippen LogP contribution in [0.25, 0.3) is 0 Å². The van der Waals surface area contributed by atoms with Gasteiger partial charge in [-0.25, -0.2) is 0 Å². The highest BCUT2D eigenvalue weighted by Gasteiger charge is 2.21. The molecule has 0 saturated heterocycles. The lowest BCUT2D eigenvalue weighted by Gasteiger charge is -2.15. The molecule has 1 N–H and O–H groups in total. The highest BCUT2D eigenvalue weighted by Crippen LogP contribution is 2.37. The molecule has 6 nitrogen and oxygen atoms in total. The molecule has 2 rings (SSSR count). The second kappa shape index (κ2) is 5.60. The van der Waals surface area contributed by atoms with E-state index < -0.39 is 6.10 Å². The lowest BCUT2D eigenvalue weighted by Crippen LogP contribution is -2.36. The van der Waals surface area contributed by atoms with Crippen LogP contribution in [-0.4, -0.2) is 31.6 Å². The predicted octanol–water partition coefficient (Wildman–Crippen LogP) is 1.13. The molecule has 1 aromatic carbocycles. The summed E-state index contributed by atoms with van der Waals surface area (Å²) in [4.78, 5) is 22.6. The minimum Gasteiger partial charge on any atom is -0.480 e. The summed E-state index contributed by atoms with van der Waals surface area (Å²) in [6.45, 7) is 4.07. The number of aldehydes is 1. The van der Waals surface area contributed by atoms with E-state index in [-0.39, 0.29) is 12.7 Å². The van der Waals surface area contributed by atoms with Crippen molar-refractivity contribution >= 4 is 12.2 Å². The molecule has 0 spiro atoms. The number of benzene rings is 1. The molecule has 102 valence electrons. The Morgan fingerprint density at radius 3 is 2.79 bits per heavy atom. The predicted molar refractivity (Wildman–Crippen MR) is 66.7 cm³/mol. The summed E-state index contributed by atoms with van der Waals surface area (Å²) in [6.07, 6.45) is -0.0408. The molecule has 0 bridgehead atoms. The van der Waals surface area contributed by atoms with Crippen molar-refractivity contribution in [2.24, 2.45) is 0 Å². The Morgan fingerprint density at radius 1 is 1.47 bits per heavy atom. The number of ether oxygens (including phenoxy) is 3. The van der Waals surface area contributed by atoms with E-state index in [1.807, 2.05) is 6.92 Å². The number of fused-ring (bicyclic) bond motifs is 1. The summed E-state index contributed by atoms with van der Waals surface area (Å²) in [7, 11) is 0. The zero-order valence-corrected chi connectivity index (χ0v) is 10.8. The normalized spacial score (nSPS) is 13.8. The minimum atomic E-state index is -0.695. The first-order valence-corrected chi connectivity index (χ1v) is 5.99. The number of rotatable bonds is 5. The van der Waals surface area contributed by atoms with Crippen molar-refractivity contribution in [1.29, 1.82) is 0 Å². The molecule has 19 heavy (non-hydrogen) atoms. The highest BCUT2D eigenvalue weighted by molar-refractivity contribution is 5.83. The van der Waals surface area contributed by atoms with E-state index in [9.17, 15) is 9.59 Å². The molecule has 6 heteroatoms. The van der Waals surface area contributed by atoms with Gasteiger partial charge < -0.3 is 19.5 Å². The van der Waals surface area contributed by atoms with Crippen molar-refractivity contribution in [2.45, 2.75) is 20.0 Å². The first kappa shape index (κ1) is 13.2. The average Bonchev–Trinajstić information content (AvgIpc) is 2.85. The second-order valence-electron chi connectivity index (χ2n) is 4.02. The molecule has 1 unspecified atom stereocenters. The van der Waals surface area contributed by atoms with Gasteiger partial charge in [-0.3, -0.25) is 9.59 Å². The van der Waals surface area contributed by atoms with Crippen LogP contribution in [0, 0.1) is 0 Å².